The maximum Gasteiger partial charge on any atom is 0.221 e. The van der Waals surface area contributed by atoms with Crippen molar-refractivity contribution < 1.29 is 9.29 Å². The van der Waals surface area contributed by atoms with E-state index in [-0.39, 0.29) is 5.82 Å². The Morgan fingerprint density at radius 3 is 2.79 bits per heavy atom. The van der Waals surface area contributed by atoms with Gasteiger partial charge in [0.25, 0.3) is 0 Å². The number of H-pyrrole nitrogens is 1. The second-order valence-electron chi connectivity index (χ2n) is 5.68. The summed E-state index contributed by atoms with van der Waals surface area (Å²) in [4.78, 5) is 5.60. The lowest BCUT2D eigenvalue weighted by atomic mass is 10.2. The molecule has 0 aliphatic carbocycles. The number of hydrogen-bond donors (Lipinski definition) is 2. The molecule has 1 aromatic heterocycles. The summed E-state index contributed by atoms with van der Waals surface area (Å²) in [5.41, 5.74) is 1.91. The highest BCUT2D eigenvalue weighted by molar-refractivity contribution is 9.10. The lowest BCUT2D eigenvalue weighted by Gasteiger charge is -2.14. The molecule has 0 fully saturated rings. The van der Waals surface area contributed by atoms with Gasteiger partial charge in [0.05, 0.1) is 7.05 Å². The molecule has 0 bridgehead atoms. The number of rotatable bonds is 5. The van der Waals surface area contributed by atoms with Gasteiger partial charge in [-0.3, -0.25) is 5.10 Å². The van der Waals surface area contributed by atoms with Gasteiger partial charge in [-0.1, -0.05) is 46.3 Å². The molecule has 3 rings (SSSR count). The standard InChI is InChI=1S/C17H16BrFN4S/c1-22(10-12-5-4-6-13(19)9-12)11-23-17(24)20-16(21-23)14-7-2-3-8-15(14)18/h2-9H,10-11H2,1H3,(H,20,21,24)/p+1. The Labute approximate surface area is 153 Å². The van der Waals surface area contributed by atoms with Crippen molar-refractivity contribution in [2.45, 2.75) is 13.2 Å². The zero-order valence-corrected chi connectivity index (χ0v) is 15.5. The maximum atomic E-state index is 13.3. The van der Waals surface area contributed by atoms with Gasteiger partial charge in [-0.2, -0.15) is 4.98 Å². The molecular weight excluding hydrogens is 391 g/mol. The van der Waals surface area contributed by atoms with E-state index in [1.165, 1.54) is 11.0 Å². The van der Waals surface area contributed by atoms with Crippen LogP contribution in [0.5, 0.6) is 0 Å². The minimum Gasteiger partial charge on any atom is -0.315 e. The molecule has 7 heteroatoms. The van der Waals surface area contributed by atoms with Crippen LogP contribution in [-0.2, 0) is 13.2 Å². The lowest BCUT2D eigenvalue weighted by molar-refractivity contribution is -0.917. The van der Waals surface area contributed by atoms with Gasteiger partial charge in [0.15, 0.2) is 12.5 Å². The second kappa shape index (κ2) is 7.38. The van der Waals surface area contributed by atoms with E-state index in [0.717, 1.165) is 21.4 Å². The summed E-state index contributed by atoms with van der Waals surface area (Å²) in [6.07, 6.45) is 0. The van der Waals surface area contributed by atoms with Gasteiger partial charge in [0.2, 0.25) is 4.77 Å². The summed E-state index contributed by atoms with van der Waals surface area (Å²) >= 11 is 8.88. The molecule has 2 N–H and O–H groups in total. The molecule has 124 valence electrons. The highest BCUT2D eigenvalue weighted by atomic mass is 79.9. The Morgan fingerprint density at radius 1 is 1.25 bits per heavy atom. The molecule has 0 radical (unpaired) electrons. The molecule has 0 amide bonds. The fourth-order valence-corrected chi connectivity index (χ4v) is 3.23. The van der Waals surface area contributed by atoms with Gasteiger partial charge < -0.3 is 4.90 Å². The average Bonchev–Trinajstić information content (AvgIpc) is 2.88. The van der Waals surface area contributed by atoms with E-state index in [2.05, 4.69) is 26.0 Å². The van der Waals surface area contributed by atoms with Crippen LogP contribution in [0.1, 0.15) is 5.56 Å². The molecule has 0 spiro atoms. The molecule has 0 aliphatic rings. The quantitative estimate of drug-likeness (QED) is 0.637. The Kier molecular flexibility index (Phi) is 5.23. The van der Waals surface area contributed by atoms with Crippen molar-refractivity contribution in [3.05, 3.63) is 69.2 Å². The van der Waals surface area contributed by atoms with Crippen molar-refractivity contribution in [2.24, 2.45) is 0 Å². The number of hydrogen-bond acceptors (Lipinski definition) is 2. The third-order valence-corrected chi connectivity index (χ3v) is 4.63. The van der Waals surface area contributed by atoms with E-state index in [1.54, 1.807) is 12.1 Å². The largest absolute Gasteiger partial charge is 0.315 e. The summed E-state index contributed by atoms with van der Waals surface area (Å²) in [6, 6.07) is 14.5. The van der Waals surface area contributed by atoms with Crippen LogP contribution in [0.15, 0.2) is 53.0 Å². The molecule has 4 nitrogen and oxygen atoms in total. The van der Waals surface area contributed by atoms with Crippen LogP contribution in [0.25, 0.3) is 11.4 Å². The van der Waals surface area contributed by atoms with Crippen LogP contribution in [0.3, 0.4) is 0 Å². The number of nitrogens with one attached hydrogen (secondary N) is 2. The van der Waals surface area contributed by atoms with Gasteiger partial charge in [-0.25, -0.2) is 9.07 Å². The summed E-state index contributed by atoms with van der Waals surface area (Å²) in [6.45, 7) is 1.32. The molecule has 24 heavy (non-hydrogen) atoms. The van der Waals surface area contributed by atoms with Crippen molar-refractivity contribution in [1.29, 1.82) is 0 Å². The molecule has 1 heterocycles. The van der Waals surface area contributed by atoms with E-state index in [1.807, 2.05) is 42.1 Å². The van der Waals surface area contributed by atoms with E-state index >= 15 is 0 Å². The van der Waals surface area contributed by atoms with Crippen molar-refractivity contribution in [3.8, 4) is 11.4 Å². The van der Waals surface area contributed by atoms with Crippen LogP contribution < -0.4 is 4.90 Å². The number of halogens is 2. The third-order valence-electron chi connectivity index (χ3n) is 3.63. The van der Waals surface area contributed by atoms with Crippen LogP contribution in [-0.4, -0.2) is 21.8 Å². The minimum atomic E-state index is -0.213. The first-order chi connectivity index (χ1) is 11.5. The maximum absolute atomic E-state index is 13.3. The SMILES string of the molecule is C[NH+](Cc1cccc(F)c1)Cn1[nH]c(-c2ccccc2Br)nc1=S. The van der Waals surface area contributed by atoms with Crippen LogP contribution in [0.4, 0.5) is 4.39 Å². The highest BCUT2D eigenvalue weighted by Gasteiger charge is 2.11. The first-order valence-electron chi connectivity index (χ1n) is 7.50. The van der Waals surface area contributed by atoms with Crippen molar-refractivity contribution >= 4 is 28.1 Å². The number of benzene rings is 2. The number of aromatic nitrogens is 3. The smallest absolute Gasteiger partial charge is 0.221 e. The molecular formula is C17H17BrFN4S+. The van der Waals surface area contributed by atoms with Crippen LogP contribution in [0.2, 0.25) is 0 Å². The monoisotopic (exact) mass is 407 g/mol. The Bertz CT molecular complexity index is 905. The van der Waals surface area contributed by atoms with Crippen LogP contribution in [0, 0.1) is 10.6 Å². The van der Waals surface area contributed by atoms with E-state index < -0.39 is 0 Å². The first kappa shape index (κ1) is 17.0. The van der Waals surface area contributed by atoms with Gasteiger partial charge >= 0.3 is 0 Å². The fraction of sp³-hybridized carbons (Fsp3) is 0.176. The molecule has 2 aromatic carbocycles. The molecule has 1 unspecified atom stereocenters. The number of quaternary nitrogens is 1. The highest BCUT2D eigenvalue weighted by Crippen LogP contribution is 2.24. The lowest BCUT2D eigenvalue weighted by Crippen LogP contribution is -3.07. The zero-order chi connectivity index (χ0) is 17.1. The molecule has 0 saturated heterocycles. The number of nitrogens with zero attached hydrogens (tertiary/aromatic N) is 2. The zero-order valence-electron chi connectivity index (χ0n) is 13.1. The molecule has 0 aliphatic heterocycles. The first-order valence-corrected chi connectivity index (χ1v) is 8.70. The second-order valence-corrected chi connectivity index (χ2v) is 6.90. The third kappa shape index (κ3) is 3.98. The van der Waals surface area contributed by atoms with Crippen molar-refractivity contribution in [3.63, 3.8) is 0 Å². The summed E-state index contributed by atoms with van der Waals surface area (Å²) in [7, 11) is 2.03. The Balaban J connectivity index is 1.76. The Morgan fingerprint density at radius 2 is 2.04 bits per heavy atom. The van der Waals surface area contributed by atoms with Crippen molar-refractivity contribution in [1.82, 2.24) is 14.8 Å². The van der Waals surface area contributed by atoms with Crippen LogP contribution >= 0.6 is 28.1 Å². The van der Waals surface area contributed by atoms with Gasteiger partial charge in [-0.05, 0) is 30.4 Å². The van der Waals surface area contributed by atoms with E-state index in [0.29, 0.717) is 18.0 Å². The predicted octanol–water partition coefficient (Wildman–Crippen LogP) is 3.18. The summed E-state index contributed by atoms with van der Waals surface area (Å²) in [5.74, 6) is 0.515. The van der Waals surface area contributed by atoms with Gasteiger partial charge in [-0.15, -0.1) is 0 Å². The minimum absolute atomic E-state index is 0.213. The van der Waals surface area contributed by atoms with E-state index in [9.17, 15) is 4.39 Å². The van der Waals surface area contributed by atoms with E-state index in [4.69, 9.17) is 12.2 Å². The topological polar surface area (TPSA) is 38.0 Å². The fourth-order valence-electron chi connectivity index (χ4n) is 2.56. The molecule has 0 saturated carbocycles. The molecule has 1 atom stereocenters. The van der Waals surface area contributed by atoms with Gasteiger partial charge in [0, 0.05) is 15.6 Å². The predicted molar refractivity (Wildman–Crippen MR) is 97.5 cm³/mol. The molecule has 3 aromatic rings. The average molecular weight is 408 g/mol. The van der Waals surface area contributed by atoms with Crippen molar-refractivity contribution in [2.75, 3.05) is 7.05 Å². The summed E-state index contributed by atoms with van der Waals surface area (Å²) < 4.78 is 16.6. The number of aromatic amines is 1. The Hall–Kier alpha value is -1.83. The normalized spacial score (nSPS) is 12.3. The summed E-state index contributed by atoms with van der Waals surface area (Å²) in [5, 5.41) is 3.24. The van der Waals surface area contributed by atoms with Gasteiger partial charge in [0.1, 0.15) is 12.4 Å².